The Kier molecular flexibility index (Phi) is 7.18. The second-order valence-corrected chi connectivity index (χ2v) is 6.40. The fraction of sp³-hybridized carbons (Fsp3) is 0.0556. The number of hydrogen-bond donors (Lipinski definition) is 2. The number of ether oxygens (including phenoxy) is 1. The molecule has 140 valence electrons. The summed E-state index contributed by atoms with van der Waals surface area (Å²) in [5.41, 5.74) is 0.817. The number of thiocarbonyl (C=S) groups is 1. The number of carboxylic acids is 1. The summed E-state index contributed by atoms with van der Waals surface area (Å²) < 4.78 is 5.13. The quantitative estimate of drug-likeness (QED) is 0.567. The number of methoxy groups -OCH3 is 1. The molecule has 6 nitrogen and oxygen atoms in total. The van der Waals surface area contributed by atoms with Gasteiger partial charge < -0.3 is 20.0 Å². The van der Waals surface area contributed by atoms with Gasteiger partial charge in [-0.25, -0.2) is 0 Å². The largest absolute Gasteiger partial charge is 0.545 e. The van der Waals surface area contributed by atoms with Crippen molar-refractivity contribution in [2.75, 3.05) is 12.4 Å². The highest BCUT2D eigenvalue weighted by Gasteiger charge is 2.08. The van der Waals surface area contributed by atoms with Crippen molar-refractivity contribution in [3.8, 4) is 5.75 Å². The van der Waals surface area contributed by atoms with E-state index in [0.717, 1.165) is 0 Å². The Morgan fingerprint density at radius 2 is 1.93 bits per heavy atom. The summed E-state index contributed by atoms with van der Waals surface area (Å²) >= 11 is 16.9. The highest BCUT2D eigenvalue weighted by molar-refractivity contribution is 7.80. The minimum absolute atomic E-state index is 0.0411. The number of amides is 1. The first-order valence-corrected chi connectivity index (χ1v) is 8.61. The summed E-state index contributed by atoms with van der Waals surface area (Å²) in [6.07, 6.45) is 2.76. The van der Waals surface area contributed by atoms with Crippen LogP contribution in [0.2, 0.25) is 10.0 Å². The normalized spacial score (nSPS) is 10.5. The van der Waals surface area contributed by atoms with E-state index in [1.807, 2.05) is 0 Å². The molecule has 0 aliphatic carbocycles. The lowest BCUT2D eigenvalue weighted by atomic mass is 10.2. The second-order valence-electron chi connectivity index (χ2n) is 5.15. The molecule has 9 heteroatoms. The van der Waals surface area contributed by atoms with E-state index in [0.29, 0.717) is 21.4 Å². The lowest BCUT2D eigenvalue weighted by Gasteiger charge is -2.14. The maximum absolute atomic E-state index is 12.0. The summed E-state index contributed by atoms with van der Waals surface area (Å²) in [6.45, 7) is 0. The summed E-state index contributed by atoms with van der Waals surface area (Å²) in [7, 11) is 1.42. The van der Waals surface area contributed by atoms with Crippen LogP contribution >= 0.6 is 35.4 Å². The zero-order valence-corrected chi connectivity index (χ0v) is 16.2. The van der Waals surface area contributed by atoms with Gasteiger partial charge in [0.25, 0.3) is 0 Å². The van der Waals surface area contributed by atoms with E-state index in [-0.39, 0.29) is 16.4 Å². The average Bonchev–Trinajstić information content (AvgIpc) is 2.60. The Balaban J connectivity index is 2.04. The number of halogens is 2. The van der Waals surface area contributed by atoms with Crippen molar-refractivity contribution in [3.63, 3.8) is 0 Å². The van der Waals surface area contributed by atoms with Gasteiger partial charge in [-0.2, -0.15) is 0 Å². The van der Waals surface area contributed by atoms with Gasteiger partial charge in [0.05, 0.1) is 18.8 Å². The molecule has 0 unspecified atom stereocenters. The fourth-order valence-corrected chi connectivity index (χ4v) is 2.72. The van der Waals surface area contributed by atoms with Gasteiger partial charge in [0.1, 0.15) is 5.75 Å². The Morgan fingerprint density at radius 1 is 1.19 bits per heavy atom. The Hall–Kier alpha value is -2.61. The van der Waals surface area contributed by atoms with Gasteiger partial charge in [-0.15, -0.1) is 0 Å². The molecule has 0 heterocycles. The lowest BCUT2D eigenvalue weighted by Crippen LogP contribution is -2.33. The predicted molar refractivity (Wildman–Crippen MR) is 107 cm³/mol. The van der Waals surface area contributed by atoms with E-state index in [1.165, 1.54) is 37.5 Å². The molecule has 27 heavy (non-hydrogen) atoms. The fourth-order valence-electron chi connectivity index (χ4n) is 2.04. The zero-order chi connectivity index (χ0) is 20.0. The molecule has 0 aliphatic heterocycles. The molecule has 0 spiro atoms. The zero-order valence-electron chi connectivity index (χ0n) is 13.9. The predicted octanol–water partition coefficient (Wildman–Crippen LogP) is 2.89. The Bertz CT molecular complexity index is 932. The van der Waals surface area contributed by atoms with Crippen molar-refractivity contribution in [2.45, 2.75) is 0 Å². The maximum atomic E-state index is 12.0. The number of rotatable bonds is 5. The number of benzene rings is 2. The number of carbonyl (C=O) groups excluding carboxylic acids is 2. The molecule has 2 aromatic carbocycles. The van der Waals surface area contributed by atoms with Crippen molar-refractivity contribution in [2.24, 2.45) is 0 Å². The molecule has 0 aromatic heterocycles. The smallest absolute Gasteiger partial charge is 0.250 e. The first-order chi connectivity index (χ1) is 12.8. The van der Waals surface area contributed by atoms with Gasteiger partial charge in [0.2, 0.25) is 5.91 Å². The Labute approximate surface area is 170 Å². The van der Waals surface area contributed by atoms with Gasteiger partial charge in [-0.1, -0.05) is 29.3 Å². The Morgan fingerprint density at radius 3 is 2.56 bits per heavy atom. The molecule has 0 fully saturated rings. The molecule has 2 aromatic rings. The van der Waals surface area contributed by atoms with Gasteiger partial charge in [-0.3, -0.25) is 10.1 Å². The van der Waals surface area contributed by atoms with Crippen molar-refractivity contribution in [3.05, 3.63) is 63.6 Å². The van der Waals surface area contributed by atoms with E-state index < -0.39 is 11.9 Å². The first-order valence-electron chi connectivity index (χ1n) is 7.44. The molecule has 0 bridgehead atoms. The van der Waals surface area contributed by atoms with Gasteiger partial charge in [0, 0.05) is 16.1 Å². The van der Waals surface area contributed by atoms with E-state index in [2.05, 4.69) is 10.6 Å². The molecule has 0 atom stereocenters. The number of aromatic carboxylic acids is 1. The summed E-state index contributed by atoms with van der Waals surface area (Å²) in [4.78, 5) is 23.0. The molecular formula is C18H13Cl2N2O4S-. The van der Waals surface area contributed by atoms with E-state index >= 15 is 0 Å². The van der Waals surface area contributed by atoms with Gasteiger partial charge in [0.15, 0.2) is 5.11 Å². The molecule has 0 saturated heterocycles. The van der Waals surface area contributed by atoms with Crippen molar-refractivity contribution in [1.29, 1.82) is 0 Å². The van der Waals surface area contributed by atoms with Crippen LogP contribution in [0.4, 0.5) is 5.69 Å². The summed E-state index contributed by atoms with van der Waals surface area (Å²) in [6, 6.07) is 8.94. The van der Waals surface area contributed by atoms with Crippen LogP contribution in [0.25, 0.3) is 6.08 Å². The first kappa shape index (κ1) is 20.7. The minimum Gasteiger partial charge on any atom is -0.545 e. The van der Waals surface area contributed by atoms with Crippen molar-refractivity contribution < 1.29 is 19.4 Å². The van der Waals surface area contributed by atoms with Crippen molar-refractivity contribution >= 4 is 64.2 Å². The molecule has 2 N–H and O–H groups in total. The SMILES string of the molecule is COc1ccc(C(=O)[O-])cc1NC(=S)NC(=O)/C=C/c1ccc(Cl)cc1Cl. The van der Waals surface area contributed by atoms with Crippen LogP contribution in [0.1, 0.15) is 15.9 Å². The number of carboxylic acid groups (broad SMARTS) is 1. The van der Waals surface area contributed by atoms with E-state index in [4.69, 9.17) is 40.2 Å². The highest BCUT2D eigenvalue weighted by Crippen LogP contribution is 2.25. The van der Waals surface area contributed by atoms with Crippen LogP contribution in [0, 0.1) is 0 Å². The molecule has 0 radical (unpaired) electrons. The summed E-state index contributed by atoms with van der Waals surface area (Å²) in [5.74, 6) is -1.51. The number of hydrogen-bond acceptors (Lipinski definition) is 5. The second kappa shape index (κ2) is 9.36. The van der Waals surface area contributed by atoms with Crippen LogP contribution < -0.4 is 20.5 Å². The number of carbonyl (C=O) groups is 2. The third-order valence-corrected chi connectivity index (χ3v) is 4.06. The topological polar surface area (TPSA) is 90.5 Å². The van der Waals surface area contributed by atoms with Crippen LogP contribution in [0.15, 0.2) is 42.5 Å². The standard InChI is InChI=1S/C18H14Cl2N2O4S/c1-26-15-6-3-11(17(24)25)8-14(15)21-18(27)22-16(23)7-4-10-2-5-12(19)9-13(10)20/h2-9H,1H3,(H,24,25)(H2,21,22,23,27)/p-1/b7-4+. The number of anilines is 1. The molecule has 0 saturated carbocycles. The van der Waals surface area contributed by atoms with E-state index in [1.54, 1.807) is 18.2 Å². The van der Waals surface area contributed by atoms with Crippen LogP contribution in [-0.2, 0) is 4.79 Å². The average molecular weight is 424 g/mol. The minimum atomic E-state index is -1.35. The molecule has 1 amide bonds. The van der Waals surface area contributed by atoms with Gasteiger partial charge >= 0.3 is 0 Å². The van der Waals surface area contributed by atoms with Crippen LogP contribution in [0.3, 0.4) is 0 Å². The van der Waals surface area contributed by atoms with Crippen molar-refractivity contribution in [1.82, 2.24) is 5.32 Å². The number of nitrogens with one attached hydrogen (secondary N) is 2. The maximum Gasteiger partial charge on any atom is 0.250 e. The summed E-state index contributed by atoms with van der Waals surface area (Å²) in [5, 5.41) is 17.0. The van der Waals surface area contributed by atoms with Crippen LogP contribution in [0.5, 0.6) is 5.75 Å². The van der Waals surface area contributed by atoms with Crippen LogP contribution in [-0.4, -0.2) is 24.1 Å². The van der Waals surface area contributed by atoms with Gasteiger partial charge in [-0.05, 0) is 59.8 Å². The lowest BCUT2D eigenvalue weighted by molar-refractivity contribution is -0.255. The van der Waals surface area contributed by atoms with E-state index in [9.17, 15) is 14.7 Å². The monoisotopic (exact) mass is 423 g/mol. The molecular weight excluding hydrogens is 411 g/mol. The molecule has 2 rings (SSSR count). The third-order valence-electron chi connectivity index (χ3n) is 3.30. The highest BCUT2D eigenvalue weighted by atomic mass is 35.5. The third kappa shape index (κ3) is 5.96. The molecule has 0 aliphatic rings.